The van der Waals surface area contributed by atoms with Gasteiger partial charge in [-0.05, 0) is 19.1 Å². The number of nitrogens with zero attached hydrogens (tertiary/aromatic N) is 1. The van der Waals surface area contributed by atoms with Gasteiger partial charge in [0.05, 0.1) is 0 Å². The Kier molecular flexibility index (Phi) is 3.35. The first kappa shape index (κ1) is 12.3. The number of carboxylic acid groups (broad SMARTS) is 1. The summed E-state index contributed by atoms with van der Waals surface area (Å²) in [6.07, 6.45) is 0. The molecule has 88 valence electrons. The summed E-state index contributed by atoms with van der Waals surface area (Å²) in [5.74, 6) is -0.754. The third kappa shape index (κ3) is 2.28. The van der Waals surface area contributed by atoms with E-state index < -0.39 is 5.97 Å². The molecule has 1 N–H and O–H groups in total. The van der Waals surface area contributed by atoms with Gasteiger partial charge in [0.1, 0.15) is 17.0 Å². The van der Waals surface area contributed by atoms with E-state index in [2.05, 4.69) is 37.0 Å². The lowest BCUT2D eigenvalue weighted by molar-refractivity contribution is 0.0696. The molecule has 0 aliphatic heterocycles. The monoisotopic (exact) mass is 359 g/mol. The zero-order valence-corrected chi connectivity index (χ0v) is 11.9. The van der Waals surface area contributed by atoms with Gasteiger partial charge in [-0.25, -0.2) is 4.79 Å². The Morgan fingerprint density at radius 3 is 2.71 bits per heavy atom. The average Bonchev–Trinajstić information content (AvgIpc) is 2.60. The van der Waals surface area contributed by atoms with Crippen LogP contribution in [-0.4, -0.2) is 16.2 Å². The number of aryl methyl sites for hydroxylation is 1. The molecule has 0 fully saturated rings. The minimum atomic E-state index is -1.05. The fourth-order valence-corrected chi connectivity index (χ4v) is 2.72. The van der Waals surface area contributed by atoms with Crippen LogP contribution in [0.25, 0.3) is 11.3 Å². The SMILES string of the molecule is Cc1onc(-c2ccc(Br)cc2Br)c1C(=O)O. The minimum Gasteiger partial charge on any atom is -0.477 e. The fourth-order valence-electron chi connectivity index (χ4n) is 1.49. The van der Waals surface area contributed by atoms with E-state index in [1.165, 1.54) is 0 Å². The molecular weight excluding hydrogens is 354 g/mol. The van der Waals surface area contributed by atoms with E-state index in [0.717, 1.165) is 8.95 Å². The van der Waals surface area contributed by atoms with Gasteiger partial charge in [0, 0.05) is 14.5 Å². The Morgan fingerprint density at radius 1 is 1.41 bits per heavy atom. The van der Waals surface area contributed by atoms with Crippen LogP contribution in [0.15, 0.2) is 31.7 Å². The Bertz CT molecular complexity index is 592. The van der Waals surface area contributed by atoms with Gasteiger partial charge in [0.15, 0.2) is 0 Å². The zero-order chi connectivity index (χ0) is 12.6. The number of rotatable bonds is 2. The summed E-state index contributed by atoms with van der Waals surface area (Å²) >= 11 is 6.70. The maximum atomic E-state index is 11.1. The number of carbonyl (C=O) groups is 1. The Hall–Kier alpha value is -1.14. The molecule has 0 unspecified atom stereocenters. The predicted octanol–water partition coefficient (Wildman–Crippen LogP) is 3.87. The van der Waals surface area contributed by atoms with E-state index >= 15 is 0 Å². The molecule has 0 atom stereocenters. The van der Waals surface area contributed by atoms with E-state index in [1.54, 1.807) is 13.0 Å². The van der Waals surface area contributed by atoms with Gasteiger partial charge < -0.3 is 9.63 Å². The number of carboxylic acids is 1. The number of aromatic carboxylic acids is 1. The first-order valence-electron chi connectivity index (χ1n) is 4.65. The van der Waals surface area contributed by atoms with Crippen molar-refractivity contribution >= 4 is 37.8 Å². The van der Waals surface area contributed by atoms with Crippen LogP contribution in [0, 0.1) is 6.92 Å². The average molecular weight is 361 g/mol. The van der Waals surface area contributed by atoms with E-state index in [0.29, 0.717) is 17.0 Å². The van der Waals surface area contributed by atoms with Crippen LogP contribution in [-0.2, 0) is 0 Å². The van der Waals surface area contributed by atoms with Crippen LogP contribution in [0.4, 0.5) is 0 Å². The molecule has 0 saturated carbocycles. The Morgan fingerprint density at radius 2 is 2.12 bits per heavy atom. The van der Waals surface area contributed by atoms with Crippen molar-refractivity contribution in [2.24, 2.45) is 0 Å². The second kappa shape index (κ2) is 4.62. The van der Waals surface area contributed by atoms with Gasteiger partial charge in [-0.2, -0.15) is 0 Å². The highest BCUT2D eigenvalue weighted by molar-refractivity contribution is 9.11. The van der Waals surface area contributed by atoms with Crippen LogP contribution in [0.5, 0.6) is 0 Å². The van der Waals surface area contributed by atoms with E-state index in [1.807, 2.05) is 12.1 Å². The second-order valence-corrected chi connectivity index (χ2v) is 5.16. The van der Waals surface area contributed by atoms with Crippen molar-refractivity contribution in [2.75, 3.05) is 0 Å². The lowest BCUT2D eigenvalue weighted by atomic mass is 10.1. The summed E-state index contributed by atoms with van der Waals surface area (Å²) < 4.78 is 6.58. The first-order valence-corrected chi connectivity index (χ1v) is 6.24. The van der Waals surface area contributed by atoms with E-state index in [-0.39, 0.29) is 5.56 Å². The van der Waals surface area contributed by atoms with Gasteiger partial charge in [-0.15, -0.1) is 0 Å². The maximum absolute atomic E-state index is 11.1. The quantitative estimate of drug-likeness (QED) is 0.882. The molecule has 0 saturated heterocycles. The smallest absolute Gasteiger partial charge is 0.341 e. The molecule has 1 aromatic carbocycles. The molecule has 1 aromatic heterocycles. The summed E-state index contributed by atoms with van der Waals surface area (Å²) in [6.45, 7) is 1.58. The highest BCUT2D eigenvalue weighted by atomic mass is 79.9. The lowest BCUT2D eigenvalue weighted by Crippen LogP contribution is -1.99. The molecule has 17 heavy (non-hydrogen) atoms. The van der Waals surface area contributed by atoms with Crippen LogP contribution in [0.1, 0.15) is 16.1 Å². The van der Waals surface area contributed by atoms with Crippen molar-refractivity contribution in [3.63, 3.8) is 0 Å². The van der Waals surface area contributed by atoms with E-state index in [9.17, 15) is 4.79 Å². The van der Waals surface area contributed by atoms with Gasteiger partial charge >= 0.3 is 5.97 Å². The summed E-state index contributed by atoms with van der Waals surface area (Å²) in [5.41, 5.74) is 1.10. The largest absolute Gasteiger partial charge is 0.477 e. The third-order valence-corrected chi connectivity index (χ3v) is 3.41. The first-order chi connectivity index (χ1) is 8.00. The van der Waals surface area contributed by atoms with Gasteiger partial charge in [0.25, 0.3) is 0 Å². The summed E-state index contributed by atoms with van der Waals surface area (Å²) in [6, 6.07) is 5.42. The predicted molar refractivity (Wildman–Crippen MR) is 69.0 cm³/mol. The number of hydrogen-bond acceptors (Lipinski definition) is 3. The van der Waals surface area contributed by atoms with Crippen molar-refractivity contribution in [2.45, 2.75) is 6.92 Å². The highest BCUT2D eigenvalue weighted by Crippen LogP contribution is 2.33. The van der Waals surface area contributed by atoms with Crippen molar-refractivity contribution in [3.8, 4) is 11.3 Å². The van der Waals surface area contributed by atoms with Gasteiger partial charge in [0.2, 0.25) is 0 Å². The molecule has 0 aliphatic carbocycles. The number of benzene rings is 1. The lowest BCUT2D eigenvalue weighted by Gasteiger charge is -2.02. The molecule has 0 spiro atoms. The van der Waals surface area contributed by atoms with Crippen molar-refractivity contribution in [1.29, 1.82) is 0 Å². The highest BCUT2D eigenvalue weighted by Gasteiger charge is 2.22. The van der Waals surface area contributed by atoms with Gasteiger partial charge in [-0.3, -0.25) is 0 Å². The summed E-state index contributed by atoms with van der Waals surface area (Å²) in [4.78, 5) is 11.1. The van der Waals surface area contributed by atoms with Crippen molar-refractivity contribution in [1.82, 2.24) is 5.16 Å². The topological polar surface area (TPSA) is 63.3 Å². The van der Waals surface area contributed by atoms with Crippen LogP contribution in [0.3, 0.4) is 0 Å². The van der Waals surface area contributed by atoms with Gasteiger partial charge in [-0.1, -0.05) is 43.1 Å². The molecule has 6 heteroatoms. The molecule has 2 aromatic rings. The normalized spacial score (nSPS) is 10.5. The number of aromatic nitrogens is 1. The minimum absolute atomic E-state index is 0.0908. The van der Waals surface area contributed by atoms with E-state index in [4.69, 9.17) is 9.63 Å². The van der Waals surface area contributed by atoms with Crippen molar-refractivity contribution in [3.05, 3.63) is 38.5 Å². The standard InChI is InChI=1S/C11H7Br2NO3/c1-5-9(11(15)16)10(14-17-5)7-3-2-6(12)4-8(7)13/h2-4H,1H3,(H,15,16). The molecule has 0 bridgehead atoms. The molecule has 0 radical (unpaired) electrons. The number of hydrogen-bond donors (Lipinski definition) is 1. The van der Waals surface area contributed by atoms with Crippen LogP contribution < -0.4 is 0 Å². The second-order valence-electron chi connectivity index (χ2n) is 3.39. The Balaban J connectivity index is 2.65. The fraction of sp³-hybridized carbons (Fsp3) is 0.0909. The molecule has 1 heterocycles. The van der Waals surface area contributed by atoms with Crippen LogP contribution >= 0.6 is 31.9 Å². The summed E-state index contributed by atoms with van der Waals surface area (Å²) in [7, 11) is 0. The molecular formula is C11H7Br2NO3. The maximum Gasteiger partial charge on any atom is 0.341 e. The summed E-state index contributed by atoms with van der Waals surface area (Å²) in [5, 5.41) is 12.9. The zero-order valence-electron chi connectivity index (χ0n) is 8.70. The molecule has 2 rings (SSSR count). The van der Waals surface area contributed by atoms with Crippen molar-refractivity contribution < 1.29 is 14.4 Å². The van der Waals surface area contributed by atoms with Crippen LogP contribution in [0.2, 0.25) is 0 Å². The Labute approximate surface area is 114 Å². The molecule has 4 nitrogen and oxygen atoms in total. The number of halogens is 2. The molecule has 0 amide bonds. The third-order valence-electron chi connectivity index (χ3n) is 2.26. The molecule has 0 aliphatic rings.